The van der Waals surface area contributed by atoms with E-state index in [1.807, 2.05) is 12.1 Å². The van der Waals surface area contributed by atoms with E-state index in [-0.39, 0.29) is 17.3 Å². The van der Waals surface area contributed by atoms with Crippen LogP contribution in [0, 0.1) is 0 Å². The number of aromatic nitrogens is 1. The van der Waals surface area contributed by atoms with Crippen LogP contribution in [0.1, 0.15) is 5.56 Å². The van der Waals surface area contributed by atoms with Gasteiger partial charge in [-0.3, -0.25) is 9.78 Å². The van der Waals surface area contributed by atoms with Crippen LogP contribution in [-0.2, 0) is 26.1 Å². The summed E-state index contributed by atoms with van der Waals surface area (Å²) in [6.07, 6.45) is 3.43. The van der Waals surface area contributed by atoms with Gasteiger partial charge in [0.05, 0.1) is 24.7 Å². The number of rotatable bonds is 7. The van der Waals surface area contributed by atoms with E-state index in [2.05, 4.69) is 15.6 Å². The number of nitrogens with one attached hydrogen (secondary N) is 2. The molecule has 1 saturated heterocycles. The molecule has 3 rings (SSSR count). The fraction of sp³-hybridized carbons (Fsp3) is 0.333. The summed E-state index contributed by atoms with van der Waals surface area (Å²) < 4.78 is 31.7. The van der Waals surface area contributed by atoms with Crippen molar-refractivity contribution in [1.82, 2.24) is 14.6 Å². The number of sulfonamides is 1. The number of carbonyl (C=O) groups excluding carboxylic acids is 1. The third-order valence-corrected chi connectivity index (χ3v) is 6.00. The molecule has 1 aliphatic rings. The Morgan fingerprint density at radius 3 is 2.56 bits per heavy atom. The second-order valence-corrected chi connectivity index (χ2v) is 7.99. The van der Waals surface area contributed by atoms with E-state index < -0.39 is 10.0 Å². The molecule has 0 bridgehead atoms. The Morgan fingerprint density at radius 1 is 1.15 bits per heavy atom. The molecule has 2 N–H and O–H groups in total. The number of amides is 1. The SMILES string of the molecule is O=C(CNCc1cccnc1)Nc1ccc(S(=O)(=O)N2CCOCC2)cc1. The third kappa shape index (κ3) is 5.33. The predicted molar refractivity (Wildman–Crippen MR) is 101 cm³/mol. The fourth-order valence-corrected chi connectivity index (χ4v) is 4.08. The first kappa shape index (κ1) is 19.4. The summed E-state index contributed by atoms with van der Waals surface area (Å²) >= 11 is 0. The first-order chi connectivity index (χ1) is 13.1. The Balaban J connectivity index is 1.51. The molecule has 1 fully saturated rings. The van der Waals surface area contributed by atoms with Crippen LogP contribution in [0.25, 0.3) is 0 Å². The molecule has 0 spiro atoms. The van der Waals surface area contributed by atoms with Crippen LogP contribution in [0.15, 0.2) is 53.7 Å². The van der Waals surface area contributed by atoms with Crippen molar-refractivity contribution in [2.45, 2.75) is 11.4 Å². The standard InChI is InChI=1S/C18H22N4O4S/c23-18(14-20-13-15-2-1-7-19-12-15)21-16-3-5-17(6-4-16)27(24,25)22-8-10-26-11-9-22/h1-7,12,20H,8-11,13-14H2,(H,21,23). The van der Waals surface area contributed by atoms with Gasteiger partial charge in [0.1, 0.15) is 0 Å². The Labute approximate surface area is 158 Å². The second kappa shape index (κ2) is 9.05. The number of benzene rings is 1. The molecule has 2 aromatic rings. The first-order valence-electron chi connectivity index (χ1n) is 8.63. The minimum Gasteiger partial charge on any atom is -0.379 e. The molecule has 1 aromatic carbocycles. The molecule has 27 heavy (non-hydrogen) atoms. The van der Waals surface area contributed by atoms with Crippen molar-refractivity contribution in [2.75, 3.05) is 38.2 Å². The van der Waals surface area contributed by atoms with Crippen LogP contribution in [0.5, 0.6) is 0 Å². The molecule has 0 aliphatic carbocycles. The minimum atomic E-state index is -3.53. The normalized spacial score (nSPS) is 15.4. The van der Waals surface area contributed by atoms with E-state index >= 15 is 0 Å². The number of hydrogen-bond acceptors (Lipinski definition) is 6. The lowest BCUT2D eigenvalue weighted by Gasteiger charge is -2.26. The van der Waals surface area contributed by atoms with E-state index in [0.717, 1.165) is 5.56 Å². The first-order valence-corrected chi connectivity index (χ1v) is 10.1. The fourth-order valence-electron chi connectivity index (χ4n) is 2.67. The van der Waals surface area contributed by atoms with E-state index in [1.54, 1.807) is 24.5 Å². The highest BCUT2D eigenvalue weighted by Gasteiger charge is 2.26. The molecule has 0 atom stereocenters. The number of hydrogen-bond donors (Lipinski definition) is 2. The van der Waals surface area contributed by atoms with Crippen LogP contribution in [0.4, 0.5) is 5.69 Å². The third-order valence-electron chi connectivity index (χ3n) is 4.08. The van der Waals surface area contributed by atoms with Gasteiger partial charge in [0, 0.05) is 37.7 Å². The molecule has 2 heterocycles. The van der Waals surface area contributed by atoms with Crippen molar-refractivity contribution < 1.29 is 17.9 Å². The maximum absolute atomic E-state index is 12.6. The number of pyridine rings is 1. The van der Waals surface area contributed by atoms with Crippen LogP contribution < -0.4 is 10.6 Å². The highest BCUT2D eigenvalue weighted by atomic mass is 32.2. The van der Waals surface area contributed by atoms with Crippen molar-refractivity contribution in [3.05, 3.63) is 54.4 Å². The van der Waals surface area contributed by atoms with Crippen LogP contribution in [-0.4, -0.2) is 56.5 Å². The van der Waals surface area contributed by atoms with Crippen molar-refractivity contribution in [2.24, 2.45) is 0 Å². The zero-order chi connectivity index (χ0) is 19.1. The molecule has 144 valence electrons. The Hall–Kier alpha value is -2.33. The lowest BCUT2D eigenvalue weighted by Crippen LogP contribution is -2.40. The van der Waals surface area contributed by atoms with Gasteiger partial charge in [-0.15, -0.1) is 0 Å². The molecule has 0 saturated carbocycles. The van der Waals surface area contributed by atoms with Crippen molar-refractivity contribution in [3.63, 3.8) is 0 Å². The summed E-state index contributed by atoms with van der Waals surface area (Å²) in [5, 5.41) is 5.77. The van der Waals surface area contributed by atoms with Gasteiger partial charge >= 0.3 is 0 Å². The molecular formula is C18H22N4O4S. The van der Waals surface area contributed by atoms with Gasteiger partial charge < -0.3 is 15.4 Å². The van der Waals surface area contributed by atoms with Gasteiger partial charge in [-0.25, -0.2) is 8.42 Å². The lowest BCUT2D eigenvalue weighted by atomic mass is 10.3. The summed E-state index contributed by atoms with van der Waals surface area (Å²) in [6, 6.07) is 9.95. The summed E-state index contributed by atoms with van der Waals surface area (Å²) in [5.74, 6) is -0.206. The highest BCUT2D eigenvalue weighted by Crippen LogP contribution is 2.19. The maximum atomic E-state index is 12.6. The summed E-state index contributed by atoms with van der Waals surface area (Å²) in [5.41, 5.74) is 1.53. The molecule has 1 aromatic heterocycles. The van der Waals surface area contributed by atoms with Crippen molar-refractivity contribution >= 4 is 21.6 Å². The zero-order valence-electron chi connectivity index (χ0n) is 14.8. The Morgan fingerprint density at radius 2 is 1.89 bits per heavy atom. The minimum absolute atomic E-state index is 0.142. The molecule has 8 nitrogen and oxygen atoms in total. The van der Waals surface area contributed by atoms with E-state index in [0.29, 0.717) is 38.5 Å². The van der Waals surface area contributed by atoms with Gasteiger partial charge in [-0.2, -0.15) is 4.31 Å². The predicted octanol–water partition coefficient (Wildman–Crippen LogP) is 0.831. The van der Waals surface area contributed by atoms with E-state index in [4.69, 9.17) is 4.74 Å². The summed E-state index contributed by atoms with van der Waals surface area (Å²) in [7, 11) is -3.53. The van der Waals surface area contributed by atoms with Crippen molar-refractivity contribution in [1.29, 1.82) is 0 Å². The number of anilines is 1. The Bertz CT molecular complexity index is 851. The van der Waals surface area contributed by atoms with E-state index in [9.17, 15) is 13.2 Å². The monoisotopic (exact) mass is 390 g/mol. The van der Waals surface area contributed by atoms with Gasteiger partial charge in [0.15, 0.2) is 0 Å². The van der Waals surface area contributed by atoms with Crippen LogP contribution >= 0.6 is 0 Å². The largest absolute Gasteiger partial charge is 0.379 e. The van der Waals surface area contributed by atoms with Gasteiger partial charge in [-0.1, -0.05) is 6.07 Å². The van der Waals surface area contributed by atoms with Gasteiger partial charge in [-0.05, 0) is 35.9 Å². The van der Waals surface area contributed by atoms with Gasteiger partial charge in [0.2, 0.25) is 15.9 Å². The van der Waals surface area contributed by atoms with Crippen molar-refractivity contribution in [3.8, 4) is 0 Å². The lowest BCUT2D eigenvalue weighted by molar-refractivity contribution is -0.115. The summed E-state index contributed by atoms with van der Waals surface area (Å²) in [4.78, 5) is 16.2. The molecule has 9 heteroatoms. The number of nitrogens with zero attached hydrogens (tertiary/aromatic N) is 2. The molecule has 0 unspecified atom stereocenters. The van der Waals surface area contributed by atoms with Crippen LogP contribution in [0.2, 0.25) is 0 Å². The molecular weight excluding hydrogens is 368 g/mol. The molecule has 0 radical (unpaired) electrons. The second-order valence-electron chi connectivity index (χ2n) is 6.05. The number of carbonyl (C=O) groups is 1. The molecule has 1 amide bonds. The van der Waals surface area contributed by atoms with Crippen LogP contribution in [0.3, 0.4) is 0 Å². The summed E-state index contributed by atoms with van der Waals surface area (Å²) in [6.45, 7) is 2.19. The van der Waals surface area contributed by atoms with Gasteiger partial charge in [0.25, 0.3) is 0 Å². The Kier molecular flexibility index (Phi) is 6.51. The average molecular weight is 390 g/mol. The average Bonchev–Trinajstić information content (AvgIpc) is 2.70. The molecule has 1 aliphatic heterocycles. The maximum Gasteiger partial charge on any atom is 0.243 e. The quantitative estimate of drug-likeness (QED) is 0.726. The smallest absolute Gasteiger partial charge is 0.243 e. The zero-order valence-corrected chi connectivity index (χ0v) is 15.6. The number of ether oxygens (including phenoxy) is 1. The number of morpholine rings is 1. The van der Waals surface area contributed by atoms with E-state index in [1.165, 1.54) is 16.4 Å². The highest BCUT2D eigenvalue weighted by molar-refractivity contribution is 7.89. The topological polar surface area (TPSA) is 101 Å².